The minimum Gasteiger partial charge on any atom is -0.391 e. The van der Waals surface area contributed by atoms with Crippen LogP contribution >= 0.6 is 0 Å². The Morgan fingerprint density at radius 2 is 2.00 bits per heavy atom. The van der Waals surface area contributed by atoms with Crippen LogP contribution in [0.3, 0.4) is 0 Å². The summed E-state index contributed by atoms with van der Waals surface area (Å²) in [7, 11) is 0. The second kappa shape index (κ2) is 4.11. The lowest BCUT2D eigenvalue weighted by Crippen LogP contribution is -2.37. The molecule has 0 radical (unpaired) electrons. The van der Waals surface area contributed by atoms with Gasteiger partial charge in [-0.15, -0.1) is 0 Å². The number of hydrogen-bond donors (Lipinski definition) is 2. The summed E-state index contributed by atoms with van der Waals surface area (Å²) >= 11 is 0. The number of aliphatic hydroxyl groups excluding tert-OH is 1. The molecule has 2 rings (SSSR count). The number of piperidine rings is 1. The molecular weight excluding hydrogens is 174 g/mol. The number of aryl methyl sites for hydroxylation is 1. The maximum absolute atomic E-state index is 9.83. The van der Waals surface area contributed by atoms with Crippen molar-refractivity contribution in [1.29, 1.82) is 0 Å². The van der Waals surface area contributed by atoms with Crippen molar-refractivity contribution in [1.82, 2.24) is 5.32 Å². The molecule has 0 bridgehead atoms. The molecule has 0 saturated carbocycles. The predicted octanol–water partition coefficient (Wildman–Crippen LogP) is 1.78. The normalized spacial score (nSPS) is 27.6. The van der Waals surface area contributed by atoms with Crippen LogP contribution in [-0.4, -0.2) is 17.8 Å². The van der Waals surface area contributed by atoms with Crippen LogP contribution in [0, 0.1) is 6.92 Å². The smallest absolute Gasteiger partial charge is 0.0735 e. The van der Waals surface area contributed by atoms with Crippen molar-refractivity contribution in [3.05, 3.63) is 35.4 Å². The monoisotopic (exact) mass is 191 g/mol. The van der Waals surface area contributed by atoms with Gasteiger partial charge in [0.15, 0.2) is 0 Å². The molecule has 1 fully saturated rings. The number of aliphatic hydroxyl groups is 1. The Balaban J connectivity index is 2.16. The Labute approximate surface area is 85.0 Å². The zero-order valence-corrected chi connectivity index (χ0v) is 8.53. The molecule has 0 aliphatic carbocycles. The van der Waals surface area contributed by atoms with Gasteiger partial charge < -0.3 is 10.4 Å². The SMILES string of the molecule is Cc1ccc([C@@H]2NCCC[C@@H]2O)cc1. The van der Waals surface area contributed by atoms with Crippen LogP contribution in [0.4, 0.5) is 0 Å². The lowest BCUT2D eigenvalue weighted by molar-refractivity contribution is 0.0965. The Hall–Kier alpha value is -0.860. The summed E-state index contributed by atoms with van der Waals surface area (Å²) in [4.78, 5) is 0. The van der Waals surface area contributed by atoms with E-state index in [1.54, 1.807) is 0 Å². The summed E-state index contributed by atoms with van der Waals surface area (Å²) in [5, 5.41) is 13.2. The van der Waals surface area contributed by atoms with E-state index < -0.39 is 0 Å². The van der Waals surface area contributed by atoms with Crippen molar-refractivity contribution in [3.8, 4) is 0 Å². The first-order valence-corrected chi connectivity index (χ1v) is 5.25. The van der Waals surface area contributed by atoms with E-state index in [4.69, 9.17) is 0 Å². The van der Waals surface area contributed by atoms with E-state index in [1.807, 2.05) is 0 Å². The second-order valence-corrected chi connectivity index (χ2v) is 4.05. The first kappa shape index (κ1) is 9.69. The fourth-order valence-corrected chi connectivity index (χ4v) is 1.99. The zero-order valence-electron chi connectivity index (χ0n) is 8.53. The predicted molar refractivity (Wildman–Crippen MR) is 57.2 cm³/mol. The topological polar surface area (TPSA) is 32.3 Å². The molecule has 2 heteroatoms. The lowest BCUT2D eigenvalue weighted by atomic mass is 9.94. The summed E-state index contributed by atoms with van der Waals surface area (Å²) < 4.78 is 0. The molecule has 2 atom stereocenters. The van der Waals surface area contributed by atoms with Gasteiger partial charge in [-0.1, -0.05) is 29.8 Å². The maximum atomic E-state index is 9.83. The standard InChI is InChI=1S/C12H17NO/c1-9-4-6-10(7-5-9)12-11(14)3-2-8-13-12/h4-7,11-14H,2-3,8H2,1H3/t11-,12-/m0/s1. The summed E-state index contributed by atoms with van der Waals surface area (Å²) in [5.41, 5.74) is 2.46. The molecule has 1 heterocycles. The highest BCUT2D eigenvalue weighted by Crippen LogP contribution is 2.23. The number of rotatable bonds is 1. The van der Waals surface area contributed by atoms with Gasteiger partial charge in [-0.05, 0) is 31.9 Å². The molecule has 76 valence electrons. The van der Waals surface area contributed by atoms with Crippen LogP contribution in [0.5, 0.6) is 0 Å². The molecule has 1 aromatic rings. The van der Waals surface area contributed by atoms with E-state index in [1.165, 1.54) is 11.1 Å². The van der Waals surface area contributed by atoms with Crippen LogP contribution < -0.4 is 5.32 Å². The van der Waals surface area contributed by atoms with Crippen LogP contribution in [0.25, 0.3) is 0 Å². The summed E-state index contributed by atoms with van der Waals surface area (Å²) in [6, 6.07) is 8.52. The first-order valence-electron chi connectivity index (χ1n) is 5.25. The van der Waals surface area contributed by atoms with E-state index in [2.05, 4.69) is 36.5 Å². The molecule has 1 aliphatic rings. The fourth-order valence-electron chi connectivity index (χ4n) is 1.99. The van der Waals surface area contributed by atoms with E-state index in [0.29, 0.717) is 0 Å². The summed E-state index contributed by atoms with van der Waals surface area (Å²) in [6.45, 7) is 3.09. The summed E-state index contributed by atoms with van der Waals surface area (Å²) in [6.07, 6.45) is 1.75. The van der Waals surface area contributed by atoms with Gasteiger partial charge in [0.05, 0.1) is 12.1 Å². The molecular formula is C12H17NO. The van der Waals surface area contributed by atoms with Gasteiger partial charge in [0, 0.05) is 0 Å². The van der Waals surface area contributed by atoms with Gasteiger partial charge in [0.2, 0.25) is 0 Å². The Bertz CT molecular complexity index is 294. The van der Waals surface area contributed by atoms with E-state index in [9.17, 15) is 5.11 Å². The number of benzene rings is 1. The zero-order chi connectivity index (χ0) is 9.97. The highest BCUT2D eigenvalue weighted by Gasteiger charge is 2.23. The molecule has 0 amide bonds. The van der Waals surface area contributed by atoms with E-state index in [-0.39, 0.29) is 12.1 Å². The second-order valence-electron chi connectivity index (χ2n) is 4.05. The van der Waals surface area contributed by atoms with Gasteiger partial charge in [-0.2, -0.15) is 0 Å². The van der Waals surface area contributed by atoms with Gasteiger partial charge in [-0.25, -0.2) is 0 Å². The number of nitrogens with one attached hydrogen (secondary N) is 1. The Morgan fingerprint density at radius 1 is 1.29 bits per heavy atom. The van der Waals surface area contributed by atoms with Crippen LogP contribution in [0.1, 0.15) is 30.0 Å². The lowest BCUT2D eigenvalue weighted by Gasteiger charge is -2.29. The number of hydrogen-bond acceptors (Lipinski definition) is 2. The largest absolute Gasteiger partial charge is 0.391 e. The third-order valence-corrected chi connectivity index (χ3v) is 2.86. The van der Waals surface area contributed by atoms with Gasteiger partial charge in [-0.3, -0.25) is 0 Å². The Kier molecular flexibility index (Phi) is 2.85. The molecule has 0 spiro atoms. The van der Waals surface area contributed by atoms with Crippen LogP contribution in [-0.2, 0) is 0 Å². The van der Waals surface area contributed by atoms with Crippen LogP contribution in [0.15, 0.2) is 24.3 Å². The fraction of sp³-hybridized carbons (Fsp3) is 0.500. The highest BCUT2D eigenvalue weighted by atomic mass is 16.3. The average Bonchev–Trinajstić information content (AvgIpc) is 2.20. The van der Waals surface area contributed by atoms with E-state index >= 15 is 0 Å². The minimum absolute atomic E-state index is 0.129. The van der Waals surface area contributed by atoms with Crippen molar-refractivity contribution in [2.24, 2.45) is 0 Å². The third-order valence-electron chi connectivity index (χ3n) is 2.86. The van der Waals surface area contributed by atoms with Crippen molar-refractivity contribution in [3.63, 3.8) is 0 Å². The van der Waals surface area contributed by atoms with Crippen molar-refractivity contribution < 1.29 is 5.11 Å². The minimum atomic E-state index is -0.230. The van der Waals surface area contributed by atoms with Crippen molar-refractivity contribution in [2.75, 3.05) is 6.54 Å². The molecule has 2 nitrogen and oxygen atoms in total. The summed E-state index contributed by atoms with van der Waals surface area (Å²) in [5.74, 6) is 0. The van der Waals surface area contributed by atoms with Gasteiger partial charge >= 0.3 is 0 Å². The molecule has 1 aromatic carbocycles. The Morgan fingerprint density at radius 3 is 2.64 bits per heavy atom. The molecule has 1 aliphatic heterocycles. The third kappa shape index (κ3) is 1.97. The molecule has 2 N–H and O–H groups in total. The molecule has 1 saturated heterocycles. The van der Waals surface area contributed by atoms with Gasteiger partial charge in [0.1, 0.15) is 0 Å². The van der Waals surface area contributed by atoms with Gasteiger partial charge in [0.25, 0.3) is 0 Å². The van der Waals surface area contributed by atoms with E-state index in [0.717, 1.165) is 19.4 Å². The van der Waals surface area contributed by atoms with Crippen molar-refractivity contribution >= 4 is 0 Å². The van der Waals surface area contributed by atoms with Crippen molar-refractivity contribution in [2.45, 2.75) is 31.9 Å². The highest BCUT2D eigenvalue weighted by molar-refractivity contribution is 5.25. The van der Waals surface area contributed by atoms with Crippen LogP contribution in [0.2, 0.25) is 0 Å². The maximum Gasteiger partial charge on any atom is 0.0735 e. The first-order chi connectivity index (χ1) is 6.77. The quantitative estimate of drug-likeness (QED) is 0.709. The average molecular weight is 191 g/mol. The molecule has 0 unspecified atom stereocenters. The molecule has 14 heavy (non-hydrogen) atoms. The molecule has 0 aromatic heterocycles.